The van der Waals surface area contributed by atoms with Gasteiger partial charge in [-0.05, 0) is 32.4 Å². The quantitative estimate of drug-likeness (QED) is 0.930. The molecule has 3 rings (SSSR count). The fraction of sp³-hybridized carbons (Fsp3) is 0.688. The molecule has 2 aliphatic rings. The maximum absolute atomic E-state index is 12.4. The first-order chi connectivity index (χ1) is 9.95. The average molecular weight is 308 g/mol. The molecule has 21 heavy (non-hydrogen) atoms. The van der Waals surface area contributed by atoms with Crippen molar-refractivity contribution in [3.05, 3.63) is 21.9 Å². The van der Waals surface area contributed by atoms with Crippen molar-refractivity contribution >= 4 is 17.2 Å². The molecular weight excluding hydrogens is 284 g/mol. The highest BCUT2D eigenvalue weighted by molar-refractivity contribution is 7.12. The number of rotatable bonds is 4. The third kappa shape index (κ3) is 2.41. The van der Waals surface area contributed by atoms with Crippen molar-refractivity contribution in [3.8, 4) is 0 Å². The van der Waals surface area contributed by atoms with E-state index in [4.69, 9.17) is 4.74 Å². The van der Waals surface area contributed by atoms with Crippen LogP contribution < -0.4 is 5.32 Å². The second kappa shape index (κ2) is 5.38. The summed E-state index contributed by atoms with van der Waals surface area (Å²) in [5.41, 5.74) is 0.0161. The Morgan fingerprint density at radius 2 is 2.24 bits per heavy atom. The number of ether oxygens (including phenoxy) is 1. The number of carbonyl (C=O) groups excluding carboxylic acids is 1. The summed E-state index contributed by atoms with van der Waals surface area (Å²) in [7, 11) is 0. The first kappa shape index (κ1) is 15.0. The van der Waals surface area contributed by atoms with Gasteiger partial charge in [0.05, 0.1) is 12.6 Å². The van der Waals surface area contributed by atoms with E-state index in [1.165, 1.54) is 9.75 Å². The van der Waals surface area contributed by atoms with Crippen LogP contribution in [0.25, 0.3) is 0 Å². The van der Waals surface area contributed by atoms with Crippen LogP contribution in [0.15, 0.2) is 12.1 Å². The molecule has 1 aliphatic heterocycles. The van der Waals surface area contributed by atoms with Crippen LogP contribution in [-0.2, 0) is 9.53 Å². The monoisotopic (exact) mass is 308 g/mol. The van der Waals surface area contributed by atoms with E-state index in [2.05, 4.69) is 43.1 Å². The van der Waals surface area contributed by atoms with Gasteiger partial charge in [0.2, 0.25) is 5.91 Å². The normalized spacial score (nSPS) is 31.5. The number of hydrogen-bond acceptors (Lipinski definition) is 4. The SMILES string of the molecule is CCOC1CC(N2C(=O)CNC2c2ccc(C)s2)C1(C)C. The van der Waals surface area contributed by atoms with Crippen molar-refractivity contribution in [1.82, 2.24) is 10.2 Å². The van der Waals surface area contributed by atoms with Crippen LogP contribution in [0.5, 0.6) is 0 Å². The molecule has 1 aromatic heterocycles. The van der Waals surface area contributed by atoms with Crippen molar-refractivity contribution in [2.45, 2.75) is 52.4 Å². The number of carbonyl (C=O) groups is 1. The van der Waals surface area contributed by atoms with Gasteiger partial charge < -0.3 is 9.64 Å². The molecule has 0 radical (unpaired) electrons. The molecule has 3 unspecified atom stereocenters. The van der Waals surface area contributed by atoms with Crippen molar-refractivity contribution < 1.29 is 9.53 Å². The Balaban J connectivity index is 1.81. The summed E-state index contributed by atoms with van der Waals surface area (Å²) in [5.74, 6) is 0.207. The molecule has 5 heteroatoms. The van der Waals surface area contributed by atoms with E-state index >= 15 is 0 Å². The maximum Gasteiger partial charge on any atom is 0.238 e. The summed E-state index contributed by atoms with van der Waals surface area (Å²) >= 11 is 1.77. The van der Waals surface area contributed by atoms with Gasteiger partial charge >= 0.3 is 0 Å². The highest BCUT2D eigenvalue weighted by Crippen LogP contribution is 2.48. The summed E-state index contributed by atoms with van der Waals surface area (Å²) < 4.78 is 5.81. The molecule has 1 amide bonds. The third-order valence-corrected chi connectivity index (χ3v) is 5.93. The van der Waals surface area contributed by atoms with Gasteiger partial charge in [0.1, 0.15) is 6.17 Å². The van der Waals surface area contributed by atoms with E-state index < -0.39 is 0 Å². The van der Waals surface area contributed by atoms with Gasteiger partial charge in [-0.25, -0.2) is 0 Å². The molecule has 0 aromatic carbocycles. The fourth-order valence-corrected chi connectivity index (χ4v) is 4.48. The zero-order valence-corrected chi connectivity index (χ0v) is 14.0. The molecule has 0 spiro atoms. The summed E-state index contributed by atoms with van der Waals surface area (Å²) in [6, 6.07) is 4.51. The Morgan fingerprint density at radius 1 is 1.48 bits per heavy atom. The summed E-state index contributed by atoms with van der Waals surface area (Å²) in [5, 5.41) is 3.37. The first-order valence-corrected chi connectivity index (χ1v) is 8.49. The standard InChI is InChI=1S/C16H24N2O2S/c1-5-20-13-8-12(16(13,3)4)18-14(19)9-17-15(18)11-7-6-10(2)21-11/h6-7,12-13,15,17H,5,8-9H2,1-4H3. The minimum Gasteiger partial charge on any atom is -0.378 e. The summed E-state index contributed by atoms with van der Waals surface area (Å²) in [6.45, 7) is 9.73. The molecule has 1 aromatic rings. The lowest BCUT2D eigenvalue weighted by Gasteiger charge is -2.55. The average Bonchev–Trinajstić information content (AvgIpc) is 3.01. The van der Waals surface area contributed by atoms with Crippen LogP contribution in [0.1, 0.15) is 43.1 Å². The Morgan fingerprint density at radius 3 is 2.81 bits per heavy atom. The molecule has 116 valence electrons. The molecule has 1 aliphatic carbocycles. The minimum absolute atomic E-state index is 0.0161. The van der Waals surface area contributed by atoms with Crippen LogP contribution >= 0.6 is 11.3 Å². The number of hydrogen-bond donors (Lipinski definition) is 1. The van der Waals surface area contributed by atoms with Crippen LogP contribution in [0.3, 0.4) is 0 Å². The smallest absolute Gasteiger partial charge is 0.238 e. The van der Waals surface area contributed by atoms with Gasteiger partial charge in [-0.15, -0.1) is 11.3 Å². The van der Waals surface area contributed by atoms with E-state index in [0.717, 1.165) is 13.0 Å². The van der Waals surface area contributed by atoms with Gasteiger partial charge in [0, 0.05) is 27.8 Å². The van der Waals surface area contributed by atoms with Crippen LogP contribution in [0.2, 0.25) is 0 Å². The van der Waals surface area contributed by atoms with Crippen molar-refractivity contribution in [3.63, 3.8) is 0 Å². The topological polar surface area (TPSA) is 41.6 Å². The van der Waals surface area contributed by atoms with Gasteiger partial charge in [0.15, 0.2) is 0 Å². The molecule has 4 nitrogen and oxygen atoms in total. The number of amides is 1. The highest BCUT2D eigenvalue weighted by Gasteiger charge is 2.55. The molecule has 1 N–H and O–H groups in total. The number of nitrogens with zero attached hydrogens (tertiary/aromatic N) is 1. The van der Waals surface area contributed by atoms with Crippen LogP contribution in [-0.4, -0.2) is 36.1 Å². The summed E-state index contributed by atoms with van der Waals surface area (Å²) in [4.78, 5) is 16.9. The van der Waals surface area contributed by atoms with E-state index in [1.54, 1.807) is 11.3 Å². The molecule has 1 saturated heterocycles. The number of thiophene rings is 1. The summed E-state index contributed by atoms with van der Waals surface area (Å²) in [6.07, 6.45) is 1.23. The van der Waals surface area contributed by atoms with Crippen molar-refractivity contribution in [2.24, 2.45) is 5.41 Å². The largest absolute Gasteiger partial charge is 0.378 e. The lowest BCUT2D eigenvalue weighted by atomic mass is 9.63. The second-order valence-electron chi connectivity index (χ2n) is 6.55. The van der Waals surface area contributed by atoms with Crippen LogP contribution in [0, 0.1) is 12.3 Å². The maximum atomic E-state index is 12.4. The fourth-order valence-electron chi connectivity index (χ4n) is 3.53. The zero-order chi connectivity index (χ0) is 15.2. The predicted octanol–water partition coefficient (Wildman–Crippen LogP) is 2.69. The molecule has 0 bridgehead atoms. The highest BCUT2D eigenvalue weighted by atomic mass is 32.1. The van der Waals surface area contributed by atoms with Crippen molar-refractivity contribution in [1.29, 1.82) is 0 Å². The number of aryl methyl sites for hydroxylation is 1. The third-order valence-electron chi connectivity index (χ3n) is 4.87. The molecule has 2 fully saturated rings. The van der Waals surface area contributed by atoms with Gasteiger partial charge in [0.25, 0.3) is 0 Å². The first-order valence-electron chi connectivity index (χ1n) is 7.67. The van der Waals surface area contributed by atoms with Gasteiger partial charge in [-0.2, -0.15) is 0 Å². The van der Waals surface area contributed by atoms with E-state index in [0.29, 0.717) is 6.54 Å². The van der Waals surface area contributed by atoms with Crippen molar-refractivity contribution in [2.75, 3.05) is 13.2 Å². The van der Waals surface area contributed by atoms with Gasteiger partial charge in [-0.3, -0.25) is 10.1 Å². The van der Waals surface area contributed by atoms with E-state index in [1.807, 2.05) is 6.92 Å². The predicted molar refractivity (Wildman–Crippen MR) is 84.2 cm³/mol. The lowest BCUT2D eigenvalue weighted by molar-refractivity contribution is -0.167. The Bertz CT molecular complexity index is 540. The molecule has 1 saturated carbocycles. The van der Waals surface area contributed by atoms with E-state index in [-0.39, 0.29) is 29.6 Å². The van der Waals surface area contributed by atoms with E-state index in [9.17, 15) is 4.79 Å². The Hall–Kier alpha value is -0.910. The van der Waals surface area contributed by atoms with Crippen LogP contribution in [0.4, 0.5) is 0 Å². The molecular formula is C16H24N2O2S. The second-order valence-corrected chi connectivity index (χ2v) is 7.87. The zero-order valence-electron chi connectivity index (χ0n) is 13.2. The number of nitrogens with one attached hydrogen (secondary N) is 1. The Kier molecular flexibility index (Phi) is 3.84. The molecule has 3 atom stereocenters. The molecule has 2 heterocycles. The lowest BCUT2D eigenvalue weighted by Crippen LogP contribution is -2.63. The Labute approximate surface area is 130 Å². The minimum atomic E-state index is 0.0161. The van der Waals surface area contributed by atoms with Gasteiger partial charge in [-0.1, -0.05) is 13.8 Å².